The highest BCUT2D eigenvalue weighted by Gasteiger charge is 2.27. The first-order valence-corrected chi connectivity index (χ1v) is 13.4. The SMILES string of the molecule is C=CCN(CC=C)S(=O)(=O)c1ccc(C(=O)N2CCC(Oc3nc4c(F)cccc4s3)CC2)cc1. The largest absolute Gasteiger partial charge is 0.467 e. The van der Waals surface area contributed by atoms with Gasteiger partial charge in [-0.1, -0.05) is 29.6 Å². The second kappa shape index (κ2) is 10.7. The van der Waals surface area contributed by atoms with Crippen LogP contribution in [0.25, 0.3) is 10.2 Å². The van der Waals surface area contributed by atoms with Crippen LogP contribution in [0.1, 0.15) is 23.2 Å². The molecule has 3 aromatic rings. The highest BCUT2D eigenvalue weighted by atomic mass is 32.2. The van der Waals surface area contributed by atoms with Crippen LogP contribution >= 0.6 is 11.3 Å². The zero-order valence-electron chi connectivity index (χ0n) is 19.1. The fourth-order valence-corrected chi connectivity index (χ4v) is 6.20. The number of halogens is 1. The number of aromatic nitrogens is 1. The number of carbonyl (C=O) groups excluding carboxylic acids is 1. The molecule has 184 valence electrons. The van der Waals surface area contributed by atoms with Gasteiger partial charge in [-0.3, -0.25) is 4.79 Å². The number of sulfonamides is 1. The predicted octanol–water partition coefficient (Wildman–Crippen LogP) is 4.48. The summed E-state index contributed by atoms with van der Waals surface area (Å²) in [5.74, 6) is -0.537. The van der Waals surface area contributed by atoms with Crippen LogP contribution in [-0.4, -0.2) is 60.8 Å². The molecule has 1 aromatic heterocycles. The molecule has 0 saturated carbocycles. The average Bonchev–Trinajstić information content (AvgIpc) is 3.28. The van der Waals surface area contributed by atoms with E-state index in [2.05, 4.69) is 18.1 Å². The number of fused-ring (bicyclic) bond motifs is 1. The summed E-state index contributed by atoms with van der Waals surface area (Å²) in [6.07, 6.45) is 4.16. The lowest BCUT2D eigenvalue weighted by molar-refractivity contribution is 0.0595. The predicted molar refractivity (Wildman–Crippen MR) is 135 cm³/mol. The second-order valence-corrected chi connectivity index (χ2v) is 11.0. The fourth-order valence-electron chi connectivity index (χ4n) is 3.92. The van der Waals surface area contributed by atoms with Crippen LogP contribution in [0.2, 0.25) is 0 Å². The van der Waals surface area contributed by atoms with Crippen molar-refractivity contribution in [1.29, 1.82) is 0 Å². The summed E-state index contributed by atoms with van der Waals surface area (Å²) >= 11 is 1.30. The third-order valence-corrected chi connectivity index (χ3v) is 8.51. The van der Waals surface area contributed by atoms with E-state index in [0.717, 1.165) is 4.70 Å². The van der Waals surface area contributed by atoms with E-state index in [1.165, 1.54) is 58.1 Å². The Morgan fingerprint density at radius 3 is 2.40 bits per heavy atom. The number of benzene rings is 2. The van der Waals surface area contributed by atoms with E-state index in [4.69, 9.17) is 4.74 Å². The van der Waals surface area contributed by atoms with Crippen LogP contribution in [0, 0.1) is 5.82 Å². The summed E-state index contributed by atoms with van der Waals surface area (Å²) < 4.78 is 47.5. The second-order valence-electron chi connectivity index (χ2n) is 8.10. The maximum Gasteiger partial charge on any atom is 0.274 e. The van der Waals surface area contributed by atoms with Gasteiger partial charge in [-0.05, 0) is 36.4 Å². The maximum absolute atomic E-state index is 13.9. The van der Waals surface area contributed by atoms with Crippen molar-refractivity contribution in [2.24, 2.45) is 0 Å². The minimum atomic E-state index is -3.72. The van der Waals surface area contributed by atoms with E-state index in [-0.39, 0.29) is 35.8 Å². The van der Waals surface area contributed by atoms with Crippen LogP contribution in [0.3, 0.4) is 0 Å². The number of hydrogen-bond donors (Lipinski definition) is 0. The van der Waals surface area contributed by atoms with Crippen LogP contribution in [-0.2, 0) is 10.0 Å². The molecule has 2 heterocycles. The van der Waals surface area contributed by atoms with E-state index in [1.807, 2.05) is 0 Å². The smallest absolute Gasteiger partial charge is 0.274 e. The quantitative estimate of drug-likeness (QED) is 0.393. The molecule has 1 fully saturated rings. The molecule has 1 aliphatic rings. The third-order valence-electron chi connectivity index (χ3n) is 5.75. The number of ether oxygens (including phenoxy) is 1. The highest BCUT2D eigenvalue weighted by molar-refractivity contribution is 7.89. The number of carbonyl (C=O) groups is 1. The number of thiazole rings is 1. The number of para-hydroxylation sites is 1. The van der Waals surface area contributed by atoms with Crippen molar-refractivity contribution in [2.45, 2.75) is 23.8 Å². The van der Waals surface area contributed by atoms with Crippen LogP contribution in [0.4, 0.5) is 4.39 Å². The van der Waals surface area contributed by atoms with Gasteiger partial charge >= 0.3 is 0 Å². The fraction of sp³-hybridized carbons (Fsp3) is 0.280. The summed E-state index contributed by atoms with van der Waals surface area (Å²) in [6.45, 7) is 8.53. The van der Waals surface area contributed by atoms with E-state index >= 15 is 0 Å². The molecule has 0 bridgehead atoms. The molecule has 0 N–H and O–H groups in total. The zero-order chi connectivity index (χ0) is 25.0. The topological polar surface area (TPSA) is 79.8 Å². The summed E-state index contributed by atoms with van der Waals surface area (Å²) in [7, 11) is -3.72. The molecule has 1 amide bonds. The first-order valence-electron chi connectivity index (χ1n) is 11.2. The standard InChI is InChI=1S/C25H26FN3O4S2/c1-3-14-29(15-4-2)35(31,32)20-10-8-18(9-11-20)24(30)28-16-12-19(13-17-28)33-25-27-23-21(26)6-5-7-22(23)34-25/h3-11,19H,1-2,12-17H2. The molecule has 7 nitrogen and oxygen atoms in total. The van der Waals surface area contributed by atoms with Crippen molar-refractivity contribution in [2.75, 3.05) is 26.2 Å². The lowest BCUT2D eigenvalue weighted by Crippen LogP contribution is -2.41. The molecule has 2 aromatic carbocycles. The Kier molecular flexibility index (Phi) is 7.63. The monoisotopic (exact) mass is 515 g/mol. The van der Waals surface area contributed by atoms with Gasteiger partial charge in [0.2, 0.25) is 10.0 Å². The number of likely N-dealkylation sites (tertiary alicyclic amines) is 1. The summed E-state index contributed by atoms with van der Waals surface area (Å²) in [5, 5.41) is 0.425. The lowest BCUT2D eigenvalue weighted by Gasteiger charge is -2.31. The molecule has 0 spiro atoms. The molecular weight excluding hydrogens is 489 g/mol. The van der Waals surface area contributed by atoms with Gasteiger partial charge in [-0.2, -0.15) is 9.29 Å². The molecule has 0 unspecified atom stereocenters. The van der Waals surface area contributed by atoms with Gasteiger partial charge in [0.1, 0.15) is 17.4 Å². The van der Waals surface area contributed by atoms with E-state index in [0.29, 0.717) is 42.2 Å². The van der Waals surface area contributed by atoms with Gasteiger partial charge in [-0.15, -0.1) is 13.2 Å². The van der Waals surface area contributed by atoms with Crippen molar-refractivity contribution in [1.82, 2.24) is 14.2 Å². The third kappa shape index (κ3) is 5.44. The summed E-state index contributed by atoms with van der Waals surface area (Å²) in [4.78, 5) is 19.0. The van der Waals surface area contributed by atoms with Crippen LogP contribution < -0.4 is 4.74 Å². The normalized spacial score (nSPS) is 14.9. The van der Waals surface area contributed by atoms with Gasteiger partial charge in [0.05, 0.1) is 9.60 Å². The van der Waals surface area contributed by atoms with Crippen molar-refractivity contribution in [3.05, 3.63) is 79.2 Å². The van der Waals surface area contributed by atoms with Crippen molar-refractivity contribution < 1.29 is 22.3 Å². The summed E-state index contributed by atoms with van der Waals surface area (Å²) in [6, 6.07) is 10.8. The number of amides is 1. The van der Waals surface area contributed by atoms with E-state index in [1.54, 1.807) is 17.0 Å². The molecule has 1 aliphatic heterocycles. The highest BCUT2D eigenvalue weighted by Crippen LogP contribution is 2.31. The molecule has 0 radical (unpaired) electrons. The van der Waals surface area contributed by atoms with Gasteiger partial charge in [0, 0.05) is 44.6 Å². The minimum absolute atomic E-state index is 0.108. The number of piperidine rings is 1. The van der Waals surface area contributed by atoms with Gasteiger partial charge in [0.15, 0.2) is 0 Å². The molecule has 35 heavy (non-hydrogen) atoms. The van der Waals surface area contributed by atoms with E-state index < -0.39 is 10.0 Å². The van der Waals surface area contributed by atoms with Gasteiger partial charge < -0.3 is 9.64 Å². The van der Waals surface area contributed by atoms with Crippen LogP contribution in [0.5, 0.6) is 5.19 Å². The first kappa shape index (κ1) is 25.0. The Labute approximate surface area is 208 Å². The van der Waals surface area contributed by atoms with Crippen molar-refractivity contribution >= 4 is 37.5 Å². The van der Waals surface area contributed by atoms with Gasteiger partial charge in [-0.25, -0.2) is 12.8 Å². The Morgan fingerprint density at radius 1 is 1.14 bits per heavy atom. The first-order chi connectivity index (χ1) is 16.8. The number of nitrogens with zero attached hydrogens (tertiary/aromatic N) is 3. The Hall–Kier alpha value is -3.08. The van der Waals surface area contributed by atoms with Gasteiger partial charge in [0.25, 0.3) is 11.1 Å². The van der Waals surface area contributed by atoms with Crippen molar-refractivity contribution in [3.63, 3.8) is 0 Å². The number of hydrogen-bond acceptors (Lipinski definition) is 6. The zero-order valence-corrected chi connectivity index (χ0v) is 20.7. The molecule has 1 saturated heterocycles. The number of rotatable bonds is 9. The molecule has 4 rings (SSSR count). The van der Waals surface area contributed by atoms with Crippen LogP contribution in [0.15, 0.2) is 72.7 Å². The maximum atomic E-state index is 13.9. The Morgan fingerprint density at radius 2 is 1.80 bits per heavy atom. The lowest BCUT2D eigenvalue weighted by atomic mass is 10.1. The molecule has 0 atom stereocenters. The average molecular weight is 516 g/mol. The molecule has 0 aliphatic carbocycles. The van der Waals surface area contributed by atoms with Crippen molar-refractivity contribution in [3.8, 4) is 5.19 Å². The molecular formula is C25H26FN3O4S2. The Balaban J connectivity index is 1.37. The summed E-state index contributed by atoms with van der Waals surface area (Å²) in [5.41, 5.74) is 0.728. The molecule has 10 heteroatoms. The Bertz CT molecular complexity index is 1320. The minimum Gasteiger partial charge on any atom is -0.467 e. The van der Waals surface area contributed by atoms with E-state index in [9.17, 15) is 17.6 Å².